The van der Waals surface area contributed by atoms with Gasteiger partial charge in [-0.2, -0.15) is 5.26 Å². The quantitative estimate of drug-likeness (QED) is 0.308. The van der Waals surface area contributed by atoms with Crippen LogP contribution in [0.1, 0.15) is 10.4 Å². The minimum Gasteiger partial charge on any atom is -0.355 e. The lowest BCUT2D eigenvalue weighted by Gasteiger charge is -1.98. The van der Waals surface area contributed by atoms with E-state index < -0.39 is 12.1 Å². The fourth-order valence-corrected chi connectivity index (χ4v) is 0.727. The summed E-state index contributed by atoms with van der Waals surface area (Å²) in [4.78, 5) is 24.4. The van der Waals surface area contributed by atoms with Crippen LogP contribution in [0.4, 0.5) is 4.79 Å². The molecule has 5 nitrogen and oxygen atoms in total. The number of hydrogen-bond acceptors (Lipinski definition) is 5. The number of hydrogen-bond donors (Lipinski definition) is 1. The lowest BCUT2D eigenvalue weighted by Crippen LogP contribution is -2.12. The van der Waals surface area contributed by atoms with E-state index in [2.05, 4.69) is 9.62 Å². The van der Waals surface area contributed by atoms with Gasteiger partial charge in [-0.05, 0) is 12.1 Å². The van der Waals surface area contributed by atoms with E-state index in [-0.39, 0.29) is 5.56 Å². The van der Waals surface area contributed by atoms with E-state index in [0.29, 0.717) is 0 Å². The zero-order chi connectivity index (χ0) is 9.68. The van der Waals surface area contributed by atoms with Crippen LogP contribution in [0, 0.1) is 0 Å². The molecular formula is C8H6O5. The van der Waals surface area contributed by atoms with Crippen molar-refractivity contribution in [3.8, 4) is 0 Å². The Morgan fingerprint density at radius 2 is 1.77 bits per heavy atom. The molecular weight excluding hydrogens is 176 g/mol. The molecule has 68 valence electrons. The smallest absolute Gasteiger partial charge is 0.355 e. The first-order chi connectivity index (χ1) is 6.24. The van der Waals surface area contributed by atoms with Crippen molar-refractivity contribution in [3.05, 3.63) is 35.9 Å². The molecule has 0 saturated heterocycles. The van der Waals surface area contributed by atoms with E-state index in [1.165, 1.54) is 12.1 Å². The van der Waals surface area contributed by atoms with Gasteiger partial charge in [-0.25, -0.2) is 9.59 Å². The Bertz CT molecular complexity index is 306. The van der Waals surface area contributed by atoms with Gasteiger partial charge in [0, 0.05) is 0 Å². The molecule has 0 saturated carbocycles. The average molecular weight is 182 g/mol. The molecule has 0 fully saturated rings. The first-order valence-electron chi connectivity index (χ1n) is 3.36. The van der Waals surface area contributed by atoms with E-state index in [4.69, 9.17) is 5.26 Å². The molecule has 1 aromatic rings. The molecule has 0 spiro atoms. The van der Waals surface area contributed by atoms with Crippen LogP contribution in [-0.4, -0.2) is 17.4 Å². The minimum absolute atomic E-state index is 0.202. The van der Waals surface area contributed by atoms with Crippen molar-refractivity contribution < 1.29 is 24.5 Å². The average Bonchev–Trinajstić information content (AvgIpc) is 2.19. The summed E-state index contributed by atoms with van der Waals surface area (Å²) in [5.74, 6) is -0.875. The highest BCUT2D eigenvalue weighted by atomic mass is 17.1. The zero-order valence-corrected chi connectivity index (χ0v) is 6.47. The number of ether oxygens (including phenoxy) is 1. The summed E-state index contributed by atoms with van der Waals surface area (Å²) in [6.07, 6.45) is -1.45. The predicted octanol–water partition coefficient (Wildman–Crippen LogP) is 1.45. The minimum atomic E-state index is -1.45. The molecule has 0 aromatic heterocycles. The van der Waals surface area contributed by atoms with Gasteiger partial charge >= 0.3 is 12.1 Å². The molecule has 0 atom stereocenters. The van der Waals surface area contributed by atoms with E-state index in [1.807, 2.05) is 0 Å². The van der Waals surface area contributed by atoms with E-state index >= 15 is 0 Å². The molecule has 0 heterocycles. The highest BCUT2D eigenvalue weighted by molar-refractivity contribution is 5.95. The summed E-state index contributed by atoms with van der Waals surface area (Å²) in [5, 5.41) is 7.80. The lowest BCUT2D eigenvalue weighted by atomic mass is 10.2. The van der Waals surface area contributed by atoms with Crippen LogP contribution in [0.5, 0.6) is 0 Å². The standard InChI is InChI=1S/C8H6O5/c9-7(12-8(10)13-11)6-4-2-1-3-5-6/h1-5,11H. The van der Waals surface area contributed by atoms with E-state index in [0.717, 1.165) is 0 Å². The van der Waals surface area contributed by atoms with Gasteiger partial charge in [0.1, 0.15) is 0 Å². The molecule has 0 aliphatic rings. The third kappa shape index (κ3) is 2.57. The molecule has 0 unspecified atom stereocenters. The Hall–Kier alpha value is -1.88. The molecule has 1 rings (SSSR count). The van der Waals surface area contributed by atoms with Crippen molar-refractivity contribution in [1.82, 2.24) is 0 Å². The SMILES string of the molecule is O=C(OO)OC(=O)c1ccccc1. The Kier molecular flexibility index (Phi) is 2.99. The third-order valence-electron chi connectivity index (χ3n) is 1.26. The lowest BCUT2D eigenvalue weighted by molar-refractivity contribution is -0.194. The van der Waals surface area contributed by atoms with Crippen molar-refractivity contribution >= 4 is 12.1 Å². The van der Waals surface area contributed by atoms with Crippen LogP contribution >= 0.6 is 0 Å². The van der Waals surface area contributed by atoms with Gasteiger partial charge in [-0.3, -0.25) is 4.89 Å². The van der Waals surface area contributed by atoms with Crippen LogP contribution < -0.4 is 0 Å². The molecule has 0 radical (unpaired) electrons. The molecule has 0 aliphatic carbocycles. The summed E-state index contributed by atoms with van der Waals surface area (Å²) in [7, 11) is 0. The van der Waals surface area contributed by atoms with Crippen LogP contribution in [0.25, 0.3) is 0 Å². The highest BCUT2D eigenvalue weighted by Crippen LogP contribution is 2.01. The van der Waals surface area contributed by atoms with Crippen LogP contribution in [0.2, 0.25) is 0 Å². The van der Waals surface area contributed by atoms with Crippen LogP contribution in [0.15, 0.2) is 30.3 Å². The van der Waals surface area contributed by atoms with Crippen molar-refractivity contribution in [1.29, 1.82) is 0 Å². The highest BCUT2D eigenvalue weighted by Gasteiger charge is 2.12. The molecule has 0 bridgehead atoms. The van der Waals surface area contributed by atoms with Crippen LogP contribution in [-0.2, 0) is 9.62 Å². The molecule has 13 heavy (non-hydrogen) atoms. The fourth-order valence-electron chi connectivity index (χ4n) is 0.727. The van der Waals surface area contributed by atoms with Gasteiger partial charge in [0.05, 0.1) is 5.56 Å². The Labute approximate surface area is 73.4 Å². The first-order valence-corrected chi connectivity index (χ1v) is 3.36. The summed E-state index contributed by atoms with van der Waals surface area (Å²) < 4.78 is 4.04. The molecule has 1 N–H and O–H groups in total. The Morgan fingerprint density at radius 3 is 2.31 bits per heavy atom. The topological polar surface area (TPSA) is 72.8 Å². The van der Waals surface area contributed by atoms with E-state index in [9.17, 15) is 9.59 Å². The predicted molar refractivity (Wildman–Crippen MR) is 41.0 cm³/mol. The van der Waals surface area contributed by atoms with Crippen molar-refractivity contribution in [3.63, 3.8) is 0 Å². The maximum atomic E-state index is 11.0. The normalized spacial score (nSPS) is 9.00. The monoisotopic (exact) mass is 182 g/mol. The van der Waals surface area contributed by atoms with Crippen molar-refractivity contribution in [2.75, 3.05) is 0 Å². The number of carbonyl (C=O) groups excluding carboxylic acids is 2. The van der Waals surface area contributed by atoms with Crippen molar-refractivity contribution in [2.24, 2.45) is 0 Å². The second kappa shape index (κ2) is 4.22. The van der Waals surface area contributed by atoms with Crippen LogP contribution in [0.3, 0.4) is 0 Å². The molecule has 0 amide bonds. The number of carbonyl (C=O) groups is 2. The first kappa shape index (κ1) is 9.21. The molecule has 1 aromatic carbocycles. The number of esters is 1. The van der Waals surface area contributed by atoms with Gasteiger partial charge in [-0.15, -0.1) is 0 Å². The zero-order valence-electron chi connectivity index (χ0n) is 6.47. The summed E-state index contributed by atoms with van der Waals surface area (Å²) in [6.45, 7) is 0. The summed E-state index contributed by atoms with van der Waals surface area (Å²) in [6, 6.07) is 7.86. The maximum absolute atomic E-state index is 11.0. The maximum Gasteiger partial charge on any atom is 0.548 e. The third-order valence-corrected chi connectivity index (χ3v) is 1.26. The Morgan fingerprint density at radius 1 is 1.15 bits per heavy atom. The van der Waals surface area contributed by atoms with Gasteiger partial charge in [0.25, 0.3) is 0 Å². The van der Waals surface area contributed by atoms with Gasteiger partial charge in [0.15, 0.2) is 0 Å². The summed E-state index contributed by atoms with van der Waals surface area (Å²) in [5.41, 5.74) is 0.202. The van der Waals surface area contributed by atoms with Crippen molar-refractivity contribution in [2.45, 2.75) is 0 Å². The summed E-state index contributed by atoms with van der Waals surface area (Å²) >= 11 is 0. The largest absolute Gasteiger partial charge is 0.548 e. The second-order valence-corrected chi connectivity index (χ2v) is 2.10. The van der Waals surface area contributed by atoms with E-state index in [1.54, 1.807) is 18.2 Å². The second-order valence-electron chi connectivity index (χ2n) is 2.10. The number of rotatable bonds is 1. The van der Waals surface area contributed by atoms with Gasteiger partial charge in [-0.1, -0.05) is 18.2 Å². The molecule has 5 heteroatoms. The van der Waals surface area contributed by atoms with Gasteiger partial charge < -0.3 is 4.74 Å². The fraction of sp³-hybridized carbons (Fsp3) is 0. The Balaban J connectivity index is 2.65. The van der Waals surface area contributed by atoms with Gasteiger partial charge in [0.2, 0.25) is 0 Å². The number of benzene rings is 1. The molecule has 0 aliphatic heterocycles.